The fourth-order valence-electron chi connectivity index (χ4n) is 3.56. The molecule has 2 aromatic carbocycles. The Morgan fingerprint density at radius 1 is 1.29 bits per heavy atom. The molecule has 0 spiro atoms. The quantitative estimate of drug-likeness (QED) is 0.625. The molecule has 1 saturated heterocycles. The molecule has 28 heavy (non-hydrogen) atoms. The number of halogens is 1. The molecule has 0 amide bonds. The number of benzene rings is 2. The van der Waals surface area contributed by atoms with Crippen molar-refractivity contribution in [1.82, 2.24) is 5.32 Å². The largest absolute Gasteiger partial charge is 0.494 e. The van der Waals surface area contributed by atoms with Crippen LogP contribution in [0.3, 0.4) is 0 Å². The summed E-state index contributed by atoms with van der Waals surface area (Å²) in [6, 6.07) is 11.3. The molecule has 3 rings (SSSR count). The minimum Gasteiger partial charge on any atom is -0.494 e. The summed E-state index contributed by atoms with van der Waals surface area (Å²) in [5.41, 5.74) is 4.43. The number of piperazine rings is 1. The van der Waals surface area contributed by atoms with Crippen LogP contribution in [0.5, 0.6) is 5.75 Å². The van der Waals surface area contributed by atoms with Crippen LogP contribution in [0.2, 0.25) is 0 Å². The summed E-state index contributed by atoms with van der Waals surface area (Å²) in [4.78, 5) is 14.7. The van der Waals surface area contributed by atoms with E-state index in [1.54, 1.807) is 12.1 Å². The molecule has 0 radical (unpaired) electrons. The van der Waals surface area contributed by atoms with Gasteiger partial charge in [0.1, 0.15) is 0 Å². The number of hydrogen-bond donors (Lipinski definition) is 1. The molecule has 0 unspecified atom stereocenters. The average Bonchev–Trinajstić information content (AvgIpc) is 2.67. The molecular weight excluding hydrogens is 355 g/mol. The molecule has 4 nitrogen and oxygen atoms in total. The zero-order chi connectivity index (χ0) is 20.3. The maximum absolute atomic E-state index is 13.7. The zero-order valence-corrected chi connectivity index (χ0v) is 16.9. The average molecular weight is 382 g/mol. The van der Waals surface area contributed by atoms with Crippen LogP contribution in [-0.2, 0) is 4.79 Å². The monoisotopic (exact) mass is 382 g/mol. The number of nitrogens with zero attached hydrogens (tertiary/aromatic N) is 1. The first-order valence-corrected chi connectivity index (χ1v) is 9.54. The molecule has 1 aliphatic rings. The first-order chi connectivity index (χ1) is 13.4. The van der Waals surface area contributed by atoms with E-state index in [-0.39, 0.29) is 11.5 Å². The number of rotatable bonds is 5. The van der Waals surface area contributed by atoms with Gasteiger partial charge < -0.3 is 15.0 Å². The number of allylic oxidation sites excluding steroid dienone is 1. The Bertz CT molecular complexity index is 907. The van der Waals surface area contributed by atoms with E-state index in [1.807, 2.05) is 19.1 Å². The predicted molar refractivity (Wildman–Crippen MR) is 112 cm³/mol. The second-order valence-electron chi connectivity index (χ2n) is 7.31. The van der Waals surface area contributed by atoms with E-state index in [1.165, 1.54) is 25.8 Å². The van der Waals surface area contributed by atoms with Gasteiger partial charge in [0.25, 0.3) is 0 Å². The summed E-state index contributed by atoms with van der Waals surface area (Å²) < 4.78 is 18.8. The Balaban J connectivity index is 1.94. The summed E-state index contributed by atoms with van der Waals surface area (Å²) in [5.74, 6) is -0.391. The first-order valence-electron chi connectivity index (χ1n) is 9.54. The number of nitrogens with one attached hydrogen (secondary N) is 1. The fourth-order valence-corrected chi connectivity index (χ4v) is 3.56. The second kappa shape index (κ2) is 8.57. The molecule has 1 aliphatic heterocycles. The molecule has 0 saturated carbocycles. The lowest BCUT2D eigenvalue weighted by Crippen LogP contribution is -2.49. The summed E-state index contributed by atoms with van der Waals surface area (Å²) >= 11 is 0. The summed E-state index contributed by atoms with van der Waals surface area (Å²) in [6.07, 6.45) is 1.87. The minimum atomic E-state index is -0.445. The Morgan fingerprint density at radius 3 is 2.71 bits per heavy atom. The van der Waals surface area contributed by atoms with E-state index in [2.05, 4.69) is 29.3 Å². The predicted octanol–water partition coefficient (Wildman–Crippen LogP) is 4.07. The van der Waals surface area contributed by atoms with Crippen molar-refractivity contribution < 1.29 is 13.9 Å². The lowest BCUT2D eigenvalue weighted by molar-refractivity contribution is -0.111. The smallest absolute Gasteiger partial charge is 0.165 e. The van der Waals surface area contributed by atoms with Crippen LogP contribution >= 0.6 is 0 Å². The Morgan fingerprint density at radius 2 is 2.07 bits per heavy atom. The molecule has 1 N–H and O–H groups in total. The SMILES string of the molecule is COc1cc(/C(=C/c2ccc(N3CCN[C@@H](C)C3)cc2C)C(C)=O)ccc1F. The molecule has 2 aromatic rings. The molecule has 5 heteroatoms. The third-order valence-electron chi connectivity index (χ3n) is 5.13. The van der Waals surface area contributed by atoms with Crippen LogP contribution in [0.25, 0.3) is 11.6 Å². The van der Waals surface area contributed by atoms with Crippen LogP contribution in [0, 0.1) is 12.7 Å². The number of carbonyl (C=O) groups is 1. The molecule has 148 valence electrons. The number of methoxy groups -OCH3 is 1. The van der Waals surface area contributed by atoms with E-state index in [0.717, 1.165) is 30.8 Å². The number of Topliss-reactive ketones (excluding diaryl/α,β-unsaturated/α-hetero) is 1. The van der Waals surface area contributed by atoms with Crippen molar-refractivity contribution in [3.05, 3.63) is 58.9 Å². The maximum Gasteiger partial charge on any atom is 0.165 e. The van der Waals surface area contributed by atoms with Crippen LogP contribution < -0.4 is 15.0 Å². The van der Waals surface area contributed by atoms with E-state index in [0.29, 0.717) is 17.2 Å². The normalized spacial score (nSPS) is 17.5. The van der Waals surface area contributed by atoms with Gasteiger partial charge in [0.2, 0.25) is 0 Å². The van der Waals surface area contributed by atoms with Gasteiger partial charge in [-0.1, -0.05) is 12.1 Å². The topological polar surface area (TPSA) is 41.6 Å². The lowest BCUT2D eigenvalue weighted by Gasteiger charge is -2.34. The first kappa shape index (κ1) is 20.1. The number of carbonyl (C=O) groups excluding carboxylic acids is 1. The molecule has 0 aromatic heterocycles. The molecule has 1 atom stereocenters. The van der Waals surface area contributed by atoms with Crippen molar-refractivity contribution >= 4 is 23.1 Å². The van der Waals surface area contributed by atoms with Crippen molar-refractivity contribution in [1.29, 1.82) is 0 Å². The Kier molecular flexibility index (Phi) is 6.15. The van der Waals surface area contributed by atoms with E-state index >= 15 is 0 Å². The van der Waals surface area contributed by atoms with Crippen molar-refractivity contribution in [3.8, 4) is 5.75 Å². The van der Waals surface area contributed by atoms with E-state index < -0.39 is 5.82 Å². The van der Waals surface area contributed by atoms with Crippen LogP contribution in [-0.4, -0.2) is 38.6 Å². The number of hydrogen-bond acceptors (Lipinski definition) is 4. The standard InChI is InChI=1S/C23H27FN2O2/c1-15-11-20(26-10-9-25-16(2)14-26)7-5-18(15)12-21(17(3)27)19-6-8-22(24)23(13-19)28-4/h5-8,11-13,16,25H,9-10,14H2,1-4H3/b21-12+/t16-/m0/s1. The second-order valence-corrected chi connectivity index (χ2v) is 7.31. The van der Waals surface area contributed by atoms with Gasteiger partial charge in [-0.3, -0.25) is 4.79 Å². The molecular formula is C23H27FN2O2. The lowest BCUT2D eigenvalue weighted by atomic mass is 9.97. The number of aryl methyl sites for hydroxylation is 1. The highest BCUT2D eigenvalue weighted by Crippen LogP contribution is 2.28. The van der Waals surface area contributed by atoms with Gasteiger partial charge >= 0.3 is 0 Å². The maximum atomic E-state index is 13.7. The number of anilines is 1. The van der Waals surface area contributed by atoms with Crippen LogP contribution in [0.4, 0.5) is 10.1 Å². The van der Waals surface area contributed by atoms with Crippen molar-refractivity contribution in [2.24, 2.45) is 0 Å². The highest BCUT2D eigenvalue weighted by molar-refractivity contribution is 6.24. The van der Waals surface area contributed by atoms with Gasteiger partial charge in [-0.15, -0.1) is 0 Å². The van der Waals surface area contributed by atoms with E-state index in [9.17, 15) is 9.18 Å². The molecule has 1 heterocycles. The third-order valence-corrected chi connectivity index (χ3v) is 5.13. The van der Waals surface area contributed by atoms with E-state index in [4.69, 9.17) is 4.74 Å². The van der Waals surface area contributed by atoms with Crippen molar-refractivity contribution in [3.63, 3.8) is 0 Å². The Hall–Kier alpha value is -2.66. The summed E-state index contributed by atoms with van der Waals surface area (Å²) in [5, 5.41) is 3.45. The van der Waals surface area contributed by atoms with Gasteiger partial charge in [0, 0.05) is 36.9 Å². The third kappa shape index (κ3) is 4.42. The van der Waals surface area contributed by atoms with Gasteiger partial charge in [-0.2, -0.15) is 0 Å². The zero-order valence-electron chi connectivity index (χ0n) is 16.9. The Labute approximate surface area is 166 Å². The van der Waals surface area contributed by atoms with Crippen molar-refractivity contribution in [2.75, 3.05) is 31.6 Å². The highest BCUT2D eigenvalue weighted by Gasteiger charge is 2.17. The summed E-state index contributed by atoms with van der Waals surface area (Å²) in [6.45, 7) is 8.68. The van der Waals surface area contributed by atoms with Crippen LogP contribution in [0.1, 0.15) is 30.5 Å². The van der Waals surface area contributed by atoms with Crippen LogP contribution in [0.15, 0.2) is 36.4 Å². The van der Waals surface area contributed by atoms with Gasteiger partial charge in [0.15, 0.2) is 17.3 Å². The number of ketones is 1. The van der Waals surface area contributed by atoms with Gasteiger partial charge in [-0.25, -0.2) is 4.39 Å². The minimum absolute atomic E-state index is 0.0759. The molecule has 1 fully saturated rings. The summed E-state index contributed by atoms with van der Waals surface area (Å²) in [7, 11) is 1.42. The molecule has 0 bridgehead atoms. The number of ether oxygens (including phenoxy) is 1. The fraction of sp³-hybridized carbons (Fsp3) is 0.348. The van der Waals surface area contributed by atoms with Gasteiger partial charge in [-0.05, 0) is 67.8 Å². The molecule has 0 aliphatic carbocycles. The van der Waals surface area contributed by atoms with Crippen molar-refractivity contribution in [2.45, 2.75) is 26.8 Å². The highest BCUT2D eigenvalue weighted by atomic mass is 19.1. The van der Waals surface area contributed by atoms with Gasteiger partial charge in [0.05, 0.1) is 7.11 Å².